The van der Waals surface area contributed by atoms with E-state index in [-0.39, 0.29) is 5.56 Å². The van der Waals surface area contributed by atoms with Crippen LogP contribution in [0.5, 0.6) is 0 Å². The Bertz CT molecular complexity index is 877. The number of benzene rings is 1. The van der Waals surface area contributed by atoms with Gasteiger partial charge in [-0.05, 0) is 36.2 Å². The minimum Gasteiger partial charge on any atom is -0.478 e. The van der Waals surface area contributed by atoms with Gasteiger partial charge in [-0.1, -0.05) is 6.07 Å². The average Bonchev–Trinajstić information content (AvgIpc) is 2.54. The van der Waals surface area contributed by atoms with Crippen LogP contribution in [0.4, 0.5) is 5.95 Å². The fourth-order valence-corrected chi connectivity index (χ4v) is 2.26. The second-order valence-corrected chi connectivity index (χ2v) is 4.92. The Balaban J connectivity index is 2.14. The number of hydrogen-bond donors (Lipinski definition) is 2. The number of fused-ring (bicyclic) bond motifs is 1. The number of rotatable bonds is 3. The maximum atomic E-state index is 11.1. The molecular weight excluding hydrogens is 280 g/mol. The average molecular weight is 294 g/mol. The van der Waals surface area contributed by atoms with Crippen LogP contribution < -0.4 is 5.32 Å². The third-order valence-corrected chi connectivity index (χ3v) is 3.45. The van der Waals surface area contributed by atoms with Crippen LogP contribution in [0.1, 0.15) is 15.9 Å². The second kappa shape index (κ2) is 5.40. The number of nitrogens with one attached hydrogen (secondary N) is 1. The zero-order chi connectivity index (χ0) is 15.7. The molecule has 3 aromatic rings. The van der Waals surface area contributed by atoms with E-state index in [9.17, 15) is 4.79 Å². The molecule has 0 aliphatic heterocycles. The number of pyridine rings is 1. The summed E-state index contributed by atoms with van der Waals surface area (Å²) < 4.78 is 0. The maximum Gasteiger partial charge on any atom is 0.335 e. The van der Waals surface area contributed by atoms with Gasteiger partial charge in [0.1, 0.15) is 0 Å². The molecule has 6 nitrogen and oxygen atoms in total. The van der Waals surface area contributed by atoms with Crippen LogP contribution in [-0.4, -0.2) is 33.1 Å². The highest BCUT2D eigenvalue weighted by Crippen LogP contribution is 2.26. The molecule has 0 atom stereocenters. The van der Waals surface area contributed by atoms with Gasteiger partial charge in [0, 0.05) is 30.4 Å². The van der Waals surface area contributed by atoms with Crippen LogP contribution in [0.2, 0.25) is 0 Å². The molecular formula is C16H14N4O2. The van der Waals surface area contributed by atoms with E-state index in [1.807, 2.05) is 13.0 Å². The van der Waals surface area contributed by atoms with Crippen molar-refractivity contribution in [2.45, 2.75) is 6.92 Å². The molecule has 6 heteroatoms. The number of carbonyl (C=O) groups is 1. The van der Waals surface area contributed by atoms with Gasteiger partial charge in [0.15, 0.2) is 5.65 Å². The standard InChI is InChI=1S/C16H14N4O2/c1-9-3-4-10(15(21)22)6-13(9)11-5-12-8-19-16(17-2)20-14(12)18-7-11/h3-8H,1-2H3,(H,21,22)(H,17,18,19,20). The molecule has 0 radical (unpaired) electrons. The molecule has 0 amide bonds. The predicted molar refractivity (Wildman–Crippen MR) is 84.0 cm³/mol. The first-order valence-corrected chi connectivity index (χ1v) is 6.73. The Morgan fingerprint density at radius 2 is 2.00 bits per heavy atom. The number of aromatic carboxylic acids is 1. The molecule has 0 saturated heterocycles. The number of aromatic nitrogens is 3. The monoisotopic (exact) mass is 294 g/mol. The molecule has 0 unspecified atom stereocenters. The molecule has 2 aromatic heterocycles. The second-order valence-electron chi connectivity index (χ2n) is 4.92. The third-order valence-electron chi connectivity index (χ3n) is 3.45. The van der Waals surface area contributed by atoms with Crippen molar-refractivity contribution in [3.63, 3.8) is 0 Å². The first-order chi connectivity index (χ1) is 10.6. The Morgan fingerprint density at radius 3 is 2.73 bits per heavy atom. The lowest BCUT2D eigenvalue weighted by atomic mass is 9.99. The van der Waals surface area contributed by atoms with Crippen molar-refractivity contribution in [1.29, 1.82) is 0 Å². The number of nitrogens with zero attached hydrogens (tertiary/aromatic N) is 3. The van der Waals surface area contributed by atoms with Crippen LogP contribution in [0.25, 0.3) is 22.2 Å². The van der Waals surface area contributed by atoms with E-state index in [4.69, 9.17) is 5.11 Å². The van der Waals surface area contributed by atoms with E-state index in [0.717, 1.165) is 22.1 Å². The largest absolute Gasteiger partial charge is 0.478 e. The smallest absolute Gasteiger partial charge is 0.335 e. The lowest BCUT2D eigenvalue weighted by Crippen LogP contribution is -1.99. The summed E-state index contributed by atoms with van der Waals surface area (Å²) in [5.41, 5.74) is 3.51. The van der Waals surface area contributed by atoms with Crippen LogP contribution >= 0.6 is 0 Å². The van der Waals surface area contributed by atoms with Crippen LogP contribution in [0.3, 0.4) is 0 Å². The molecule has 1 aromatic carbocycles. The Morgan fingerprint density at radius 1 is 1.18 bits per heavy atom. The van der Waals surface area contributed by atoms with Gasteiger partial charge in [0.2, 0.25) is 5.95 Å². The minimum absolute atomic E-state index is 0.252. The molecule has 22 heavy (non-hydrogen) atoms. The first kappa shape index (κ1) is 13.9. The van der Waals surface area contributed by atoms with Crippen molar-refractivity contribution in [2.75, 3.05) is 12.4 Å². The van der Waals surface area contributed by atoms with Crippen LogP contribution in [0, 0.1) is 6.92 Å². The summed E-state index contributed by atoms with van der Waals surface area (Å²) in [5.74, 6) is -0.436. The summed E-state index contributed by atoms with van der Waals surface area (Å²) >= 11 is 0. The summed E-state index contributed by atoms with van der Waals surface area (Å²) in [6.45, 7) is 1.94. The SMILES string of the molecule is CNc1ncc2cc(-c3cc(C(=O)O)ccc3C)cnc2n1. The highest BCUT2D eigenvalue weighted by atomic mass is 16.4. The molecule has 2 heterocycles. The Labute approximate surface area is 126 Å². The summed E-state index contributed by atoms with van der Waals surface area (Å²) in [7, 11) is 1.75. The van der Waals surface area contributed by atoms with Gasteiger partial charge in [-0.25, -0.2) is 14.8 Å². The molecule has 2 N–H and O–H groups in total. The van der Waals surface area contributed by atoms with E-state index in [1.54, 1.807) is 37.6 Å². The van der Waals surface area contributed by atoms with Crippen molar-refractivity contribution in [3.8, 4) is 11.1 Å². The van der Waals surface area contributed by atoms with E-state index >= 15 is 0 Å². The number of anilines is 1. The van der Waals surface area contributed by atoms with E-state index in [1.165, 1.54) is 0 Å². The molecule has 110 valence electrons. The molecule has 0 aliphatic rings. The Hall–Kier alpha value is -3.02. The summed E-state index contributed by atoms with van der Waals surface area (Å²) in [6, 6.07) is 6.96. The fourth-order valence-electron chi connectivity index (χ4n) is 2.26. The van der Waals surface area contributed by atoms with Crippen LogP contribution in [-0.2, 0) is 0 Å². The minimum atomic E-state index is -0.947. The normalized spacial score (nSPS) is 10.6. The number of carboxylic acid groups (broad SMARTS) is 1. The van der Waals surface area contributed by atoms with Crippen molar-refractivity contribution in [1.82, 2.24) is 15.0 Å². The van der Waals surface area contributed by atoms with Crippen molar-refractivity contribution in [3.05, 3.63) is 47.8 Å². The molecule has 0 saturated carbocycles. The quantitative estimate of drug-likeness (QED) is 0.772. The fraction of sp³-hybridized carbons (Fsp3) is 0.125. The lowest BCUT2D eigenvalue weighted by Gasteiger charge is -2.08. The zero-order valence-corrected chi connectivity index (χ0v) is 12.2. The topological polar surface area (TPSA) is 88.0 Å². The summed E-state index contributed by atoms with van der Waals surface area (Å²) in [4.78, 5) is 23.9. The van der Waals surface area contributed by atoms with Crippen molar-refractivity contribution >= 4 is 23.0 Å². The predicted octanol–water partition coefficient (Wildman–Crippen LogP) is 2.74. The zero-order valence-electron chi connectivity index (χ0n) is 12.2. The molecule has 3 rings (SSSR count). The van der Waals surface area contributed by atoms with Gasteiger partial charge in [-0.2, -0.15) is 4.98 Å². The number of aryl methyl sites for hydroxylation is 1. The number of carboxylic acids is 1. The van der Waals surface area contributed by atoms with Crippen LogP contribution in [0.15, 0.2) is 36.7 Å². The Kier molecular flexibility index (Phi) is 3.42. The van der Waals surface area contributed by atoms with E-state index in [2.05, 4.69) is 20.3 Å². The highest BCUT2D eigenvalue weighted by Gasteiger charge is 2.10. The van der Waals surface area contributed by atoms with Gasteiger partial charge < -0.3 is 10.4 Å². The summed E-state index contributed by atoms with van der Waals surface area (Å²) in [5, 5.41) is 12.8. The summed E-state index contributed by atoms with van der Waals surface area (Å²) in [6.07, 6.45) is 3.39. The molecule has 0 bridgehead atoms. The third kappa shape index (κ3) is 2.46. The van der Waals surface area contributed by atoms with Crippen molar-refractivity contribution < 1.29 is 9.90 Å². The van der Waals surface area contributed by atoms with E-state index in [0.29, 0.717) is 11.6 Å². The van der Waals surface area contributed by atoms with Crippen molar-refractivity contribution in [2.24, 2.45) is 0 Å². The molecule has 0 spiro atoms. The maximum absolute atomic E-state index is 11.1. The number of hydrogen-bond acceptors (Lipinski definition) is 5. The van der Waals surface area contributed by atoms with Gasteiger partial charge >= 0.3 is 5.97 Å². The first-order valence-electron chi connectivity index (χ1n) is 6.73. The van der Waals surface area contributed by atoms with Gasteiger partial charge in [0.05, 0.1) is 5.56 Å². The van der Waals surface area contributed by atoms with Gasteiger partial charge in [-0.3, -0.25) is 0 Å². The van der Waals surface area contributed by atoms with Gasteiger partial charge in [0.25, 0.3) is 0 Å². The van der Waals surface area contributed by atoms with E-state index < -0.39 is 5.97 Å². The molecule has 0 aliphatic carbocycles. The highest BCUT2D eigenvalue weighted by molar-refractivity contribution is 5.90. The van der Waals surface area contributed by atoms with Gasteiger partial charge in [-0.15, -0.1) is 0 Å². The lowest BCUT2D eigenvalue weighted by molar-refractivity contribution is 0.0697. The molecule has 0 fully saturated rings.